The summed E-state index contributed by atoms with van der Waals surface area (Å²) < 4.78 is 10.5. The lowest BCUT2D eigenvalue weighted by Crippen LogP contribution is -2.58. The molecule has 0 saturated carbocycles. The Morgan fingerprint density at radius 1 is 0.952 bits per heavy atom. The van der Waals surface area contributed by atoms with Gasteiger partial charge in [0, 0.05) is 12.9 Å². The highest BCUT2D eigenvalue weighted by atomic mass is 32.2. The Morgan fingerprint density at radius 3 is 2.29 bits per heavy atom. The van der Waals surface area contributed by atoms with Crippen LogP contribution in [0.25, 0.3) is 0 Å². The largest absolute Gasteiger partial charge is 0.388 e. The van der Waals surface area contributed by atoms with Crippen LogP contribution in [0, 0.1) is 0 Å². The summed E-state index contributed by atoms with van der Waals surface area (Å²) in [7, 11) is 1.42. The summed E-state index contributed by atoms with van der Waals surface area (Å²) >= 11 is 1.71. The molecular weight excluding hydrogens is 292 g/mol. The molecule has 1 fully saturated rings. The molecule has 0 aromatic heterocycles. The molecule has 5 atom stereocenters. The van der Waals surface area contributed by atoms with Crippen LogP contribution in [-0.4, -0.2) is 64.6 Å². The van der Waals surface area contributed by atoms with Crippen molar-refractivity contribution in [3.05, 3.63) is 0 Å². The van der Waals surface area contributed by atoms with E-state index in [4.69, 9.17) is 9.47 Å². The monoisotopic (exact) mass is 322 g/mol. The van der Waals surface area contributed by atoms with Crippen molar-refractivity contribution < 1.29 is 24.8 Å². The van der Waals surface area contributed by atoms with Crippen LogP contribution in [0.5, 0.6) is 0 Å². The van der Waals surface area contributed by atoms with Gasteiger partial charge < -0.3 is 24.8 Å². The molecule has 1 heterocycles. The van der Waals surface area contributed by atoms with E-state index in [1.165, 1.54) is 39.2 Å². The van der Waals surface area contributed by atoms with Crippen molar-refractivity contribution in [1.82, 2.24) is 0 Å². The van der Waals surface area contributed by atoms with Gasteiger partial charge >= 0.3 is 0 Å². The van der Waals surface area contributed by atoms with E-state index in [1.807, 2.05) is 0 Å². The van der Waals surface area contributed by atoms with E-state index in [9.17, 15) is 15.3 Å². The lowest BCUT2D eigenvalue weighted by Gasteiger charge is -2.39. The molecule has 0 unspecified atom stereocenters. The summed E-state index contributed by atoms with van der Waals surface area (Å²) in [6, 6.07) is 0. The Kier molecular flexibility index (Phi) is 9.88. The van der Waals surface area contributed by atoms with Crippen molar-refractivity contribution in [2.45, 2.75) is 76.2 Å². The number of hydrogen-bond donors (Lipinski definition) is 3. The zero-order chi connectivity index (χ0) is 15.7. The van der Waals surface area contributed by atoms with Gasteiger partial charge in [-0.05, 0) is 12.2 Å². The molecule has 126 valence electrons. The van der Waals surface area contributed by atoms with E-state index >= 15 is 0 Å². The highest BCUT2D eigenvalue weighted by Crippen LogP contribution is 2.24. The van der Waals surface area contributed by atoms with E-state index in [-0.39, 0.29) is 0 Å². The van der Waals surface area contributed by atoms with Crippen LogP contribution in [-0.2, 0) is 9.47 Å². The third kappa shape index (κ3) is 6.42. The van der Waals surface area contributed by atoms with Crippen LogP contribution < -0.4 is 0 Å². The van der Waals surface area contributed by atoms with Gasteiger partial charge in [-0.3, -0.25) is 0 Å². The fourth-order valence-corrected chi connectivity index (χ4v) is 3.52. The maximum atomic E-state index is 9.92. The molecule has 1 saturated heterocycles. The number of hydrogen-bond acceptors (Lipinski definition) is 6. The number of aliphatic hydroxyl groups excluding tert-OH is 3. The van der Waals surface area contributed by atoms with Gasteiger partial charge in [-0.25, -0.2) is 0 Å². The number of ether oxygens (including phenoxy) is 2. The van der Waals surface area contributed by atoms with Gasteiger partial charge in [-0.1, -0.05) is 39.0 Å². The SMILES string of the molecule is CCCCCCCCSC[C@H]1O[C@H](OC)[C@@H](O)[C@@H](O)[C@@H]1O. The first-order chi connectivity index (χ1) is 10.1. The second kappa shape index (κ2) is 10.8. The van der Waals surface area contributed by atoms with Crippen molar-refractivity contribution in [1.29, 1.82) is 0 Å². The topological polar surface area (TPSA) is 79.2 Å². The lowest BCUT2D eigenvalue weighted by molar-refractivity contribution is -0.284. The van der Waals surface area contributed by atoms with Crippen molar-refractivity contribution in [2.75, 3.05) is 18.6 Å². The van der Waals surface area contributed by atoms with E-state index in [0.29, 0.717) is 5.75 Å². The minimum atomic E-state index is -1.22. The van der Waals surface area contributed by atoms with Crippen molar-refractivity contribution in [3.63, 3.8) is 0 Å². The predicted octanol–water partition coefficient (Wildman–Crippen LogP) is 1.53. The Hall–Kier alpha value is 0.150. The highest BCUT2D eigenvalue weighted by molar-refractivity contribution is 7.99. The number of aliphatic hydroxyl groups is 3. The summed E-state index contributed by atoms with van der Waals surface area (Å²) in [6.45, 7) is 2.21. The molecule has 0 radical (unpaired) electrons. The Balaban J connectivity index is 2.16. The Labute approximate surface area is 132 Å². The van der Waals surface area contributed by atoms with E-state index in [0.717, 1.165) is 12.2 Å². The fourth-order valence-electron chi connectivity index (χ4n) is 2.43. The zero-order valence-corrected chi connectivity index (χ0v) is 13.9. The minimum Gasteiger partial charge on any atom is -0.388 e. The molecule has 1 aliphatic rings. The Morgan fingerprint density at radius 2 is 1.62 bits per heavy atom. The van der Waals surface area contributed by atoms with Crippen LogP contribution in [0.4, 0.5) is 0 Å². The highest BCUT2D eigenvalue weighted by Gasteiger charge is 2.43. The van der Waals surface area contributed by atoms with Crippen molar-refractivity contribution in [3.8, 4) is 0 Å². The standard InChI is InChI=1S/C15H30O5S/c1-3-4-5-6-7-8-9-21-10-11-12(16)13(17)14(18)15(19-2)20-11/h11-18H,3-10H2,1-2H3/t11-,12-,13+,14+,15+/m1/s1. The van der Waals surface area contributed by atoms with Crippen LogP contribution >= 0.6 is 11.8 Å². The first kappa shape index (κ1) is 19.2. The molecule has 0 aromatic carbocycles. The molecular formula is C15H30O5S. The van der Waals surface area contributed by atoms with E-state index in [2.05, 4.69) is 6.92 Å². The minimum absolute atomic E-state index is 0.501. The maximum absolute atomic E-state index is 9.92. The van der Waals surface area contributed by atoms with Gasteiger partial charge in [-0.2, -0.15) is 11.8 Å². The normalized spacial score (nSPS) is 33.3. The summed E-state index contributed by atoms with van der Waals surface area (Å²) in [5.41, 5.74) is 0. The first-order valence-electron chi connectivity index (χ1n) is 7.92. The summed E-state index contributed by atoms with van der Waals surface area (Å²) in [6.07, 6.45) is 2.71. The molecule has 0 amide bonds. The van der Waals surface area contributed by atoms with E-state index in [1.54, 1.807) is 11.8 Å². The molecule has 0 aromatic rings. The average molecular weight is 322 g/mol. The first-order valence-corrected chi connectivity index (χ1v) is 9.07. The maximum Gasteiger partial charge on any atom is 0.186 e. The van der Waals surface area contributed by atoms with Gasteiger partial charge in [-0.15, -0.1) is 0 Å². The van der Waals surface area contributed by atoms with Crippen molar-refractivity contribution >= 4 is 11.8 Å². The molecule has 3 N–H and O–H groups in total. The molecule has 0 spiro atoms. The van der Waals surface area contributed by atoms with Crippen LogP contribution in [0.15, 0.2) is 0 Å². The predicted molar refractivity (Wildman–Crippen MR) is 84.4 cm³/mol. The molecule has 21 heavy (non-hydrogen) atoms. The lowest BCUT2D eigenvalue weighted by atomic mass is 10.00. The smallest absolute Gasteiger partial charge is 0.186 e. The van der Waals surface area contributed by atoms with Gasteiger partial charge in [0.2, 0.25) is 0 Å². The fraction of sp³-hybridized carbons (Fsp3) is 1.00. The van der Waals surface area contributed by atoms with Crippen molar-refractivity contribution in [2.24, 2.45) is 0 Å². The molecule has 1 rings (SSSR count). The number of unbranched alkanes of at least 4 members (excludes halogenated alkanes) is 5. The number of thioether (sulfide) groups is 1. The van der Waals surface area contributed by atoms with Crippen LogP contribution in [0.1, 0.15) is 45.4 Å². The molecule has 6 heteroatoms. The molecule has 0 aliphatic carbocycles. The third-order valence-corrected chi connectivity index (χ3v) is 4.97. The summed E-state index contributed by atoms with van der Waals surface area (Å²) in [4.78, 5) is 0. The van der Waals surface area contributed by atoms with Gasteiger partial charge in [0.1, 0.15) is 18.3 Å². The average Bonchev–Trinajstić information content (AvgIpc) is 2.49. The van der Waals surface area contributed by atoms with Gasteiger partial charge in [0.05, 0.1) is 6.10 Å². The number of rotatable bonds is 10. The quantitative estimate of drug-likeness (QED) is 0.530. The van der Waals surface area contributed by atoms with E-state index < -0.39 is 30.7 Å². The summed E-state index contributed by atoms with van der Waals surface area (Å²) in [5, 5.41) is 29.4. The van der Waals surface area contributed by atoms with Gasteiger partial charge in [0.15, 0.2) is 6.29 Å². The zero-order valence-electron chi connectivity index (χ0n) is 13.1. The third-order valence-electron chi connectivity index (χ3n) is 3.83. The Bertz CT molecular complexity index is 264. The summed E-state index contributed by atoms with van der Waals surface area (Å²) in [5.74, 6) is 1.62. The van der Waals surface area contributed by atoms with Crippen LogP contribution in [0.2, 0.25) is 0 Å². The number of methoxy groups -OCH3 is 1. The molecule has 5 nitrogen and oxygen atoms in total. The second-order valence-electron chi connectivity index (χ2n) is 5.59. The molecule has 1 aliphatic heterocycles. The second-order valence-corrected chi connectivity index (χ2v) is 6.74. The van der Waals surface area contributed by atoms with Gasteiger partial charge in [0.25, 0.3) is 0 Å². The molecule has 0 bridgehead atoms. The van der Waals surface area contributed by atoms with Crippen LogP contribution in [0.3, 0.4) is 0 Å².